The van der Waals surface area contributed by atoms with Gasteiger partial charge in [-0.25, -0.2) is 11.1 Å². The molecule has 23 heavy (non-hydrogen) atoms. The van der Waals surface area contributed by atoms with E-state index in [4.69, 9.17) is 0 Å². The molecule has 0 fully saturated rings. The van der Waals surface area contributed by atoms with Gasteiger partial charge in [-0.3, -0.25) is 0 Å². The molecule has 0 saturated carbocycles. The minimum Gasteiger partial charge on any atom is -0.344 e. The molecule has 0 amide bonds. The van der Waals surface area contributed by atoms with E-state index in [1.54, 1.807) is 0 Å². The Hall–Kier alpha value is -1.01. The number of rotatable bonds is 1. The van der Waals surface area contributed by atoms with Gasteiger partial charge < -0.3 is 4.34 Å². The minimum atomic E-state index is 0. The SMILES string of the molecule is CC.Pn1c2[c-]c(-c3[c-]cccc3)ccc2c2ccccc21.[Y]. The van der Waals surface area contributed by atoms with Crippen LogP contribution in [0.5, 0.6) is 0 Å². The molecule has 0 spiro atoms. The average Bonchev–Trinajstić information content (AvgIpc) is 2.90. The number of aromatic nitrogens is 1. The molecule has 0 aliphatic carbocycles. The van der Waals surface area contributed by atoms with Crippen molar-refractivity contribution in [2.24, 2.45) is 0 Å². The van der Waals surface area contributed by atoms with Gasteiger partial charge >= 0.3 is 0 Å². The van der Waals surface area contributed by atoms with Crippen LogP contribution in [0.25, 0.3) is 32.9 Å². The molecule has 0 bridgehead atoms. The number of para-hydroxylation sites is 1. The van der Waals surface area contributed by atoms with E-state index in [0.717, 1.165) is 16.6 Å². The summed E-state index contributed by atoms with van der Waals surface area (Å²) in [5.41, 5.74) is 4.46. The van der Waals surface area contributed by atoms with Crippen LogP contribution >= 0.6 is 9.39 Å². The zero-order valence-electron chi connectivity index (χ0n) is 13.4. The molecular weight excluding hydrogens is 374 g/mol. The number of nitrogens with zero attached hydrogens (tertiary/aromatic N) is 1. The molecule has 4 aromatic rings. The van der Waals surface area contributed by atoms with Crippen molar-refractivity contribution in [1.29, 1.82) is 0 Å². The Labute approximate surface area is 165 Å². The van der Waals surface area contributed by atoms with Crippen molar-refractivity contribution in [3.05, 3.63) is 72.8 Å². The second-order valence-electron chi connectivity index (χ2n) is 4.80. The Kier molecular flexibility index (Phi) is 6.54. The Morgan fingerprint density at radius 3 is 2.30 bits per heavy atom. The maximum Gasteiger partial charge on any atom is 0.0411 e. The topological polar surface area (TPSA) is 4.93 Å². The molecule has 1 aromatic heterocycles. The summed E-state index contributed by atoms with van der Waals surface area (Å²) in [4.78, 5) is 0. The van der Waals surface area contributed by atoms with E-state index >= 15 is 0 Å². The molecule has 0 aliphatic heterocycles. The third kappa shape index (κ3) is 3.43. The molecule has 3 aromatic carbocycles. The summed E-state index contributed by atoms with van der Waals surface area (Å²) in [6, 6.07) is 27.5. The van der Waals surface area contributed by atoms with Crippen LogP contribution in [0.1, 0.15) is 13.8 Å². The molecular formula is C20H18NPY-2. The van der Waals surface area contributed by atoms with Crippen LogP contribution in [-0.4, -0.2) is 4.34 Å². The van der Waals surface area contributed by atoms with Gasteiger partial charge in [0, 0.05) is 38.2 Å². The minimum absolute atomic E-state index is 0. The zero-order valence-corrected chi connectivity index (χ0v) is 17.4. The quantitative estimate of drug-likeness (QED) is 0.288. The second kappa shape index (κ2) is 8.20. The summed E-state index contributed by atoms with van der Waals surface area (Å²) in [6.07, 6.45) is 0. The predicted molar refractivity (Wildman–Crippen MR) is 99.0 cm³/mol. The first-order valence-corrected chi connectivity index (χ1v) is 8.04. The van der Waals surface area contributed by atoms with E-state index in [9.17, 15) is 0 Å². The maximum atomic E-state index is 3.51. The average molecular weight is 392 g/mol. The third-order valence-electron chi connectivity index (χ3n) is 3.62. The van der Waals surface area contributed by atoms with E-state index in [-0.39, 0.29) is 32.7 Å². The first kappa shape index (κ1) is 18.3. The predicted octanol–water partition coefficient (Wildman–Crippen LogP) is 5.72. The van der Waals surface area contributed by atoms with Gasteiger partial charge in [0.25, 0.3) is 0 Å². The number of fused-ring (bicyclic) bond motifs is 3. The molecule has 1 nitrogen and oxygen atoms in total. The maximum absolute atomic E-state index is 3.51. The summed E-state index contributed by atoms with van der Waals surface area (Å²) in [5.74, 6) is 0. The van der Waals surface area contributed by atoms with Crippen LogP contribution in [0.4, 0.5) is 0 Å². The van der Waals surface area contributed by atoms with Crippen molar-refractivity contribution in [3.63, 3.8) is 0 Å². The largest absolute Gasteiger partial charge is 0.344 e. The van der Waals surface area contributed by atoms with Crippen molar-refractivity contribution in [3.8, 4) is 11.1 Å². The normalized spacial score (nSPS) is 10.0. The van der Waals surface area contributed by atoms with Gasteiger partial charge in [-0.05, 0) is 26.4 Å². The molecule has 1 radical (unpaired) electrons. The van der Waals surface area contributed by atoms with E-state index < -0.39 is 0 Å². The van der Waals surface area contributed by atoms with Gasteiger partial charge in [0.1, 0.15) is 0 Å². The summed E-state index contributed by atoms with van der Waals surface area (Å²) in [6.45, 7) is 4.00. The number of hydrogen-bond donors (Lipinski definition) is 0. The number of hydrogen-bond acceptors (Lipinski definition) is 0. The fourth-order valence-corrected chi connectivity index (χ4v) is 3.07. The van der Waals surface area contributed by atoms with Crippen molar-refractivity contribution in [1.82, 2.24) is 4.34 Å². The Balaban J connectivity index is 0.000000617. The van der Waals surface area contributed by atoms with Gasteiger partial charge in [0.2, 0.25) is 0 Å². The van der Waals surface area contributed by atoms with E-state index in [1.165, 1.54) is 16.3 Å². The van der Waals surface area contributed by atoms with Gasteiger partial charge in [-0.2, -0.15) is 36.4 Å². The van der Waals surface area contributed by atoms with Gasteiger partial charge in [0.05, 0.1) is 0 Å². The molecule has 1 unspecified atom stereocenters. The first-order valence-electron chi connectivity index (χ1n) is 7.52. The van der Waals surface area contributed by atoms with E-state index in [1.807, 2.05) is 32.0 Å². The van der Waals surface area contributed by atoms with Gasteiger partial charge in [-0.15, -0.1) is 12.1 Å². The fraction of sp³-hybridized carbons (Fsp3) is 0.100. The third-order valence-corrected chi connectivity index (χ3v) is 4.16. The fourth-order valence-electron chi connectivity index (χ4n) is 2.64. The standard InChI is InChI=1S/C18H12NP.C2H6.Y/c20-19-17-9-5-4-8-15(17)16-11-10-14(12-18(16)19)13-6-2-1-3-7-13;1-2;/h1-6,8-11H,20H2;1-2H3;/q-2;;. The van der Waals surface area contributed by atoms with Crippen LogP contribution < -0.4 is 0 Å². The molecule has 0 N–H and O–H groups in total. The van der Waals surface area contributed by atoms with Crippen LogP contribution in [0, 0.1) is 12.1 Å². The molecule has 4 rings (SSSR count). The van der Waals surface area contributed by atoms with Crippen molar-refractivity contribution < 1.29 is 32.7 Å². The molecule has 3 heteroatoms. The van der Waals surface area contributed by atoms with Crippen molar-refractivity contribution in [2.45, 2.75) is 13.8 Å². The Bertz CT molecular complexity index is 913. The summed E-state index contributed by atoms with van der Waals surface area (Å²) in [5, 5.41) is 2.49. The molecule has 1 atom stereocenters. The van der Waals surface area contributed by atoms with E-state index in [0.29, 0.717) is 0 Å². The Morgan fingerprint density at radius 1 is 0.826 bits per heavy atom. The summed E-state index contributed by atoms with van der Waals surface area (Å²) < 4.78 is 2.12. The molecule has 1 heterocycles. The molecule has 113 valence electrons. The van der Waals surface area contributed by atoms with Gasteiger partial charge in [0.15, 0.2) is 0 Å². The van der Waals surface area contributed by atoms with Crippen LogP contribution in [0.3, 0.4) is 0 Å². The van der Waals surface area contributed by atoms with Crippen LogP contribution in [-0.2, 0) is 32.7 Å². The zero-order chi connectivity index (χ0) is 15.5. The number of benzene rings is 3. The smallest absolute Gasteiger partial charge is 0.0411 e. The Morgan fingerprint density at radius 2 is 1.57 bits per heavy atom. The molecule has 0 aliphatic rings. The summed E-state index contributed by atoms with van der Waals surface area (Å²) in [7, 11) is 2.78. The second-order valence-corrected chi connectivity index (χ2v) is 5.31. The summed E-state index contributed by atoms with van der Waals surface area (Å²) >= 11 is 0. The molecule has 0 saturated heterocycles. The van der Waals surface area contributed by atoms with E-state index in [2.05, 4.69) is 68.3 Å². The van der Waals surface area contributed by atoms with Crippen LogP contribution in [0.15, 0.2) is 60.7 Å². The van der Waals surface area contributed by atoms with Gasteiger partial charge in [-0.1, -0.05) is 37.4 Å². The van der Waals surface area contributed by atoms with Crippen molar-refractivity contribution >= 4 is 31.2 Å². The van der Waals surface area contributed by atoms with Crippen LogP contribution in [0.2, 0.25) is 0 Å². The monoisotopic (exact) mass is 392 g/mol. The van der Waals surface area contributed by atoms with Crippen molar-refractivity contribution in [2.75, 3.05) is 0 Å². The first-order chi connectivity index (χ1) is 10.8.